The molecule has 1 fully saturated rings. The lowest BCUT2D eigenvalue weighted by Crippen LogP contribution is -2.58. The number of methoxy groups -OCH3 is 1. The molecule has 36 heavy (non-hydrogen) atoms. The van der Waals surface area contributed by atoms with E-state index in [1.54, 1.807) is 20.8 Å². The molecule has 1 aromatic rings. The summed E-state index contributed by atoms with van der Waals surface area (Å²) in [7, 11) is -3.37. The molecule has 3 atom stereocenters. The number of esters is 1. The Kier molecular flexibility index (Phi) is 9.34. The molecule has 1 heterocycles. The van der Waals surface area contributed by atoms with Gasteiger partial charge in [-0.2, -0.15) is 0 Å². The minimum Gasteiger partial charge on any atom is -0.467 e. The number of aliphatic hydroxyl groups is 1. The molecule has 3 N–H and O–H groups in total. The van der Waals surface area contributed by atoms with E-state index in [1.807, 2.05) is 0 Å². The number of alkyl carbamates (subject to hydrolysis) is 1. The average Bonchev–Trinajstić information content (AvgIpc) is 3.23. The molecule has 1 aromatic carbocycles. The highest BCUT2D eigenvalue weighted by atomic mass is 32.2. The van der Waals surface area contributed by atoms with E-state index in [9.17, 15) is 38.0 Å². The number of rotatable bonds is 9. The summed E-state index contributed by atoms with van der Waals surface area (Å²) in [5, 5.41) is 23.3. The van der Waals surface area contributed by atoms with Crippen LogP contribution in [0.5, 0.6) is 0 Å². The Morgan fingerprint density at radius 3 is 2.44 bits per heavy atom. The third kappa shape index (κ3) is 7.11. The van der Waals surface area contributed by atoms with Crippen LogP contribution in [0, 0.1) is 10.1 Å². The molecule has 0 bridgehead atoms. The van der Waals surface area contributed by atoms with Gasteiger partial charge in [0.1, 0.15) is 17.7 Å². The van der Waals surface area contributed by atoms with Crippen molar-refractivity contribution in [1.82, 2.24) is 14.9 Å². The first-order chi connectivity index (χ1) is 16.7. The number of nitro groups is 1. The van der Waals surface area contributed by atoms with Crippen molar-refractivity contribution in [2.75, 3.05) is 20.3 Å². The van der Waals surface area contributed by atoms with Gasteiger partial charge < -0.3 is 24.8 Å². The Morgan fingerprint density at radius 1 is 1.25 bits per heavy atom. The molecular formula is C21H30N4O10S. The summed E-state index contributed by atoms with van der Waals surface area (Å²) in [5.41, 5.74) is -1.63. The fourth-order valence-electron chi connectivity index (χ4n) is 3.70. The van der Waals surface area contributed by atoms with Crippen molar-refractivity contribution < 1.29 is 42.3 Å². The van der Waals surface area contributed by atoms with E-state index in [0.717, 1.165) is 24.1 Å². The number of aliphatic hydroxyl groups excluding tert-OH is 1. The molecule has 0 aromatic heterocycles. The van der Waals surface area contributed by atoms with Crippen molar-refractivity contribution >= 4 is 33.7 Å². The summed E-state index contributed by atoms with van der Waals surface area (Å²) in [5.74, 6) is -1.62. The van der Waals surface area contributed by atoms with Gasteiger partial charge in [0.25, 0.3) is 5.69 Å². The number of ether oxygens (including phenoxy) is 2. The van der Waals surface area contributed by atoms with Crippen LogP contribution in [0.2, 0.25) is 0 Å². The second-order valence-corrected chi connectivity index (χ2v) is 10.7. The highest BCUT2D eigenvalue weighted by molar-refractivity contribution is 7.89. The molecule has 1 saturated heterocycles. The third-order valence-electron chi connectivity index (χ3n) is 5.26. The summed E-state index contributed by atoms with van der Waals surface area (Å²) >= 11 is 0. The first-order valence-corrected chi connectivity index (χ1v) is 12.4. The van der Waals surface area contributed by atoms with Gasteiger partial charge in [-0.15, -0.1) is 0 Å². The highest BCUT2D eigenvalue weighted by Gasteiger charge is 2.44. The van der Waals surface area contributed by atoms with Gasteiger partial charge in [-0.25, -0.2) is 22.7 Å². The van der Waals surface area contributed by atoms with Crippen LogP contribution in [-0.4, -0.2) is 85.3 Å². The normalized spacial score (nSPS) is 18.9. The quantitative estimate of drug-likeness (QED) is 0.227. The second-order valence-electron chi connectivity index (χ2n) is 8.97. The van der Waals surface area contributed by atoms with Crippen LogP contribution in [0.4, 0.5) is 10.5 Å². The van der Waals surface area contributed by atoms with Crippen LogP contribution in [0.3, 0.4) is 0 Å². The van der Waals surface area contributed by atoms with Crippen LogP contribution >= 0.6 is 0 Å². The molecule has 0 radical (unpaired) electrons. The average molecular weight is 531 g/mol. The van der Waals surface area contributed by atoms with Crippen molar-refractivity contribution in [2.24, 2.45) is 0 Å². The largest absolute Gasteiger partial charge is 0.467 e. The van der Waals surface area contributed by atoms with Crippen molar-refractivity contribution in [2.45, 2.75) is 62.2 Å². The molecule has 1 aliphatic heterocycles. The van der Waals surface area contributed by atoms with Crippen molar-refractivity contribution in [3.63, 3.8) is 0 Å². The first-order valence-electron chi connectivity index (χ1n) is 10.9. The summed E-state index contributed by atoms with van der Waals surface area (Å²) in [6, 6.07) is 1.19. The molecule has 200 valence electrons. The number of para-hydroxylation sites is 1. The van der Waals surface area contributed by atoms with Crippen LogP contribution in [0.25, 0.3) is 0 Å². The number of nitro benzene ring substituents is 1. The maximum Gasteiger partial charge on any atom is 0.408 e. The number of hydrogen-bond donors (Lipinski definition) is 3. The first kappa shape index (κ1) is 28.9. The summed E-state index contributed by atoms with van der Waals surface area (Å²) < 4.78 is 37.7. The highest BCUT2D eigenvalue weighted by Crippen LogP contribution is 2.26. The monoisotopic (exact) mass is 530 g/mol. The predicted octanol–water partition coefficient (Wildman–Crippen LogP) is 0.291. The fourth-order valence-corrected chi connectivity index (χ4v) is 4.92. The van der Waals surface area contributed by atoms with Crippen LogP contribution < -0.4 is 10.0 Å². The van der Waals surface area contributed by atoms with Crippen LogP contribution in [-0.2, 0) is 29.1 Å². The Balaban J connectivity index is 2.37. The maximum absolute atomic E-state index is 13.5. The van der Waals surface area contributed by atoms with E-state index in [4.69, 9.17) is 9.47 Å². The molecule has 0 unspecified atom stereocenters. The number of benzene rings is 1. The van der Waals surface area contributed by atoms with Gasteiger partial charge in [-0.1, -0.05) is 12.1 Å². The molecule has 1 aliphatic rings. The molecule has 2 amide bonds. The standard InChI is InChI=1S/C21H30N4O10S/c1-21(2,3)35-20(29)23-14(18(27)24-13(12-26)9-10-16(24)19(28)34-4)11-22-36(32,33)17-8-6-5-7-15(17)25(30)31/h5-8,13-14,16,22,26H,9-12H2,1-4H3,(H,23,29)/t13-,14+,16+/m1/s1. The lowest BCUT2D eigenvalue weighted by molar-refractivity contribution is -0.387. The molecule has 2 rings (SSSR count). The predicted molar refractivity (Wildman–Crippen MR) is 124 cm³/mol. The Morgan fingerprint density at radius 2 is 1.89 bits per heavy atom. The van der Waals surface area contributed by atoms with Crippen molar-refractivity contribution in [3.8, 4) is 0 Å². The Labute approximate surface area is 208 Å². The van der Waals surface area contributed by atoms with E-state index in [1.165, 1.54) is 12.1 Å². The number of sulfonamides is 1. The van der Waals surface area contributed by atoms with Gasteiger partial charge in [-0.05, 0) is 39.7 Å². The van der Waals surface area contributed by atoms with Gasteiger partial charge in [0, 0.05) is 12.6 Å². The topological polar surface area (TPSA) is 194 Å². The van der Waals surface area contributed by atoms with Gasteiger partial charge in [0.05, 0.1) is 24.7 Å². The fraction of sp³-hybridized carbons (Fsp3) is 0.571. The zero-order valence-electron chi connectivity index (χ0n) is 20.3. The van der Waals surface area contributed by atoms with E-state index in [0.29, 0.717) is 0 Å². The maximum atomic E-state index is 13.5. The molecule has 15 heteroatoms. The summed E-state index contributed by atoms with van der Waals surface area (Å²) in [6.45, 7) is 3.53. The van der Waals surface area contributed by atoms with E-state index < -0.39 is 80.4 Å². The van der Waals surface area contributed by atoms with Crippen molar-refractivity contribution in [3.05, 3.63) is 34.4 Å². The Hall–Kier alpha value is -3.30. The van der Waals surface area contributed by atoms with E-state index in [-0.39, 0.29) is 12.8 Å². The zero-order chi connectivity index (χ0) is 27.3. The van der Waals surface area contributed by atoms with Crippen LogP contribution in [0.1, 0.15) is 33.6 Å². The Bertz CT molecular complexity index is 1100. The third-order valence-corrected chi connectivity index (χ3v) is 6.73. The van der Waals surface area contributed by atoms with Gasteiger partial charge in [-0.3, -0.25) is 14.9 Å². The van der Waals surface area contributed by atoms with Gasteiger partial charge in [0.15, 0.2) is 4.90 Å². The lowest BCUT2D eigenvalue weighted by atomic mass is 10.2. The number of carbonyl (C=O) groups excluding carboxylic acids is 3. The number of likely N-dealkylation sites (tertiary alicyclic amines) is 1. The SMILES string of the molecule is COC(=O)[C@@H]1CC[C@H](CO)N1C(=O)[C@H](CNS(=O)(=O)c1ccccc1[N+](=O)[O-])NC(=O)OC(C)(C)C. The van der Waals surface area contributed by atoms with Crippen LogP contribution in [0.15, 0.2) is 29.2 Å². The molecule has 0 spiro atoms. The lowest BCUT2D eigenvalue weighted by Gasteiger charge is -2.32. The minimum absolute atomic E-state index is 0.185. The number of carbonyl (C=O) groups is 3. The molecule has 0 saturated carbocycles. The molecule has 0 aliphatic carbocycles. The number of hydrogen-bond acceptors (Lipinski definition) is 10. The number of amides is 2. The van der Waals surface area contributed by atoms with Crippen molar-refractivity contribution in [1.29, 1.82) is 0 Å². The van der Waals surface area contributed by atoms with E-state index in [2.05, 4.69) is 10.0 Å². The van der Waals surface area contributed by atoms with Gasteiger partial charge >= 0.3 is 12.1 Å². The second kappa shape index (κ2) is 11.6. The number of nitrogens with one attached hydrogen (secondary N) is 2. The molecular weight excluding hydrogens is 500 g/mol. The van der Waals surface area contributed by atoms with Gasteiger partial charge in [0.2, 0.25) is 15.9 Å². The smallest absolute Gasteiger partial charge is 0.408 e. The van der Waals surface area contributed by atoms with E-state index >= 15 is 0 Å². The number of nitrogens with zero attached hydrogens (tertiary/aromatic N) is 2. The molecule has 14 nitrogen and oxygen atoms in total. The summed E-state index contributed by atoms with van der Waals surface area (Å²) in [6.07, 6.45) is -0.589. The minimum atomic E-state index is -4.51. The zero-order valence-corrected chi connectivity index (χ0v) is 21.1. The summed E-state index contributed by atoms with van der Waals surface area (Å²) in [4.78, 5) is 49.0.